The van der Waals surface area contributed by atoms with Crippen LogP contribution in [0, 0.1) is 5.92 Å². The number of amides is 4. The minimum atomic E-state index is -1.39. The molecule has 4 atom stereocenters. The van der Waals surface area contributed by atoms with E-state index in [0.717, 1.165) is 16.5 Å². The van der Waals surface area contributed by atoms with Crippen LogP contribution in [0.2, 0.25) is 0 Å². The maximum atomic E-state index is 14.3. The highest BCUT2D eigenvalue weighted by molar-refractivity contribution is 5.99. The van der Waals surface area contributed by atoms with E-state index in [1.165, 1.54) is 6.07 Å². The first-order chi connectivity index (χ1) is 24.3. The van der Waals surface area contributed by atoms with E-state index in [0.29, 0.717) is 18.4 Å². The van der Waals surface area contributed by atoms with E-state index in [1.807, 2.05) is 79.7 Å². The summed E-state index contributed by atoms with van der Waals surface area (Å²) in [6, 6.07) is 28.4. The summed E-state index contributed by atoms with van der Waals surface area (Å²) in [7, 11) is 0. The molecule has 0 aliphatic rings. The first-order valence-electron chi connectivity index (χ1n) is 17.0. The summed E-state index contributed by atoms with van der Waals surface area (Å²) in [5, 5.41) is 18.6. The van der Waals surface area contributed by atoms with Crippen molar-refractivity contribution in [1.82, 2.24) is 26.5 Å². The summed E-state index contributed by atoms with van der Waals surface area (Å²) < 4.78 is 5.31. The number of carbonyl (C=O) groups excluding carboxylic acids is 4. The average molecular weight is 697 g/mol. The number of pyridine rings is 1. The van der Waals surface area contributed by atoms with Crippen LogP contribution in [0.15, 0.2) is 97.1 Å². The molecule has 0 fully saturated rings. The smallest absolute Gasteiger partial charge is 0.422 e. The second-order valence-electron chi connectivity index (χ2n) is 13.7. The fourth-order valence-corrected chi connectivity index (χ4v) is 5.95. The molecule has 0 radical (unpaired) electrons. The molecule has 4 rings (SSSR count). The number of aromatic nitrogens is 1. The monoisotopic (exact) mass is 696 g/mol. The lowest BCUT2D eigenvalue weighted by Gasteiger charge is -2.45. The molecule has 0 aliphatic heterocycles. The SMILES string of the molecule is CC(CCc1ccccc1)C(Cc1ccccc1)(NC(=O)[C@H](CC(N)=O)NC(=O)c1ccc2ccccc2n1)[C@@H](O)CNNC(=O)OC(C)(C)C. The summed E-state index contributed by atoms with van der Waals surface area (Å²) in [4.78, 5) is 56.8. The highest BCUT2D eigenvalue weighted by atomic mass is 16.6. The van der Waals surface area contributed by atoms with Gasteiger partial charge in [-0.3, -0.25) is 19.8 Å². The third kappa shape index (κ3) is 11.3. The van der Waals surface area contributed by atoms with Crippen LogP contribution < -0.4 is 27.2 Å². The van der Waals surface area contributed by atoms with Crippen LogP contribution in [0.1, 0.15) is 62.2 Å². The van der Waals surface area contributed by atoms with Gasteiger partial charge in [-0.25, -0.2) is 15.2 Å². The normalized spacial score (nSPS) is 14.4. The molecule has 0 saturated carbocycles. The number of para-hydroxylation sites is 1. The molecule has 7 N–H and O–H groups in total. The van der Waals surface area contributed by atoms with Crippen molar-refractivity contribution in [1.29, 1.82) is 0 Å². The van der Waals surface area contributed by atoms with Crippen molar-refractivity contribution in [2.45, 2.75) is 76.7 Å². The van der Waals surface area contributed by atoms with Crippen LogP contribution in [0.3, 0.4) is 0 Å². The standard InChI is InChI=1S/C39H48N6O6/c1-26(19-20-27-13-7-5-8-14-27)39(24-28-15-9-6-10-16-28,33(46)25-41-45-37(50)51-38(2,3)4)44-36(49)32(23-34(40)47)43-35(48)31-22-21-29-17-11-12-18-30(29)42-31/h5-18,21-22,26,32-33,41,46H,19-20,23-25H2,1-4H3,(H2,40,47)(H,43,48)(H,44,49)(H,45,50)/t26?,32-,33-,39?/m0/s1. The van der Waals surface area contributed by atoms with Crippen LogP contribution in [0.5, 0.6) is 0 Å². The van der Waals surface area contributed by atoms with E-state index in [2.05, 4.69) is 26.5 Å². The molecule has 2 unspecified atom stereocenters. The molecular weight excluding hydrogens is 648 g/mol. The molecule has 1 aromatic heterocycles. The molecule has 0 bridgehead atoms. The fourth-order valence-electron chi connectivity index (χ4n) is 5.95. The maximum Gasteiger partial charge on any atom is 0.422 e. The summed E-state index contributed by atoms with van der Waals surface area (Å²) in [5.74, 6) is -2.58. The Hall–Kier alpha value is -5.33. The van der Waals surface area contributed by atoms with Gasteiger partial charge in [0.2, 0.25) is 11.8 Å². The number of aliphatic hydroxyl groups excluding tert-OH is 1. The van der Waals surface area contributed by atoms with Crippen molar-refractivity contribution < 1.29 is 29.0 Å². The lowest BCUT2D eigenvalue weighted by Crippen LogP contribution is -2.67. The molecule has 51 heavy (non-hydrogen) atoms. The molecule has 0 saturated heterocycles. The Kier molecular flexibility index (Phi) is 13.2. The van der Waals surface area contributed by atoms with Crippen molar-refractivity contribution in [2.75, 3.05) is 6.54 Å². The molecule has 4 amide bonds. The number of ether oxygens (including phenoxy) is 1. The summed E-state index contributed by atoms with van der Waals surface area (Å²) in [5.41, 5.74) is 11.2. The predicted octanol–water partition coefficient (Wildman–Crippen LogP) is 3.97. The zero-order valence-corrected chi connectivity index (χ0v) is 29.5. The Morgan fingerprint density at radius 2 is 1.49 bits per heavy atom. The quantitative estimate of drug-likeness (QED) is 0.0951. The number of rotatable bonds is 16. The van der Waals surface area contributed by atoms with Gasteiger partial charge >= 0.3 is 6.09 Å². The number of aryl methyl sites for hydroxylation is 1. The highest BCUT2D eigenvalue weighted by Gasteiger charge is 2.45. The minimum Gasteiger partial charge on any atom is -0.443 e. The van der Waals surface area contributed by atoms with Crippen LogP contribution >= 0.6 is 0 Å². The second kappa shape index (κ2) is 17.6. The van der Waals surface area contributed by atoms with Gasteiger partial charge in [-0.05, 0) is 69.2 Å². The zero-order chi connectivity index (χ0) is 37.0. The Balaban J connectivity index is 1.67. The van der Waals surface area contributed by atoms with Gasteiger partial charge in [-0.1, -0.05) is 91.9 Å². The number of hydrazine groups is 1. The van der Waals surface area contributed by atoms with E-state index < -0.39 is 53.5 Å². The topological polar surface area (TPSA) is 185 Å². The number of aliphatic hydroxyl groups is 1. The Labute approximate surface area is 298 Å². The number of primary amides is 1. The van der Waals surface area contributed by atoms with E-state index in [9.17, 15) is 24.3 Å². The van der Waals surface area contributed by atoms with Crippen LogP contribution in [-0.4, -0.2) is 63.7 Å². The van der Waals surface area contributed by atoms with E-state index in [4.69, 9.17) is 10.5 Å². The fraction of sp³-hybridized carbons (Fsp3) is 0.359. The van der Waals surface area contributed by atoms with Gasteiger partial charge in [0.05, 0.1) is 23.6 Å². The van der Waals surface area contributed by atoms with Gasteiger partial charge < -0.3 is 26.2 Å². The highest BCUT2D eigenvalue weighted by Crippen LogP contribution is 2.31. The zero-order valence-electron chi connectivity index (χ0n) is 29.5. The van der Waals surface area contributed by atoms with Crippen LogP contribution in [0.4, 0.5) is 4.79 Å². The number of benzene rings is 3. The Morgan fingerprint density at radius 3 is 2.14 bits per heavy atom. The van der Waals surface area contributed by atoms with Crippen molar-refractivity contribution in [2.24, 2.45) is 11.7 Å². The minimum absolute atomic E-state index is 0.0557. The third-order valence-corrected chi connectivity index (χ3v) is 8.62. The van der Waals surface area contributed by atoms with Crippen molar-refractivity contribution in [3.8, 4) is 0 Å². The predicted molar refractivity (Wildman–Crippen MR) is 195 cm³/mol. The number of nitrogens with zero attached hydrogens (tertiary/aromatic N) is 1. The molecule has 4 aromatic rings. The van der Waals surface area contributed by atoms with E-state index >= 15 is 0 Å². The van der Waals surface area contributed by atoms with Gasteiger partial charge in [0, 0.05) is 11.9 Å². The Morgan fingerprint density at radius 1 is 0.863 bits per heavy atom. The van der Waals surface area contributed by atoms with Crippen molar-refractivity contribution in [3.05, 3.63) is 114 Å². The molecule has 0 aliphatic carbocycles. The number of fused-ring (bicyclic) bond motifs is 1. The first kappa shape index (κ1) is 38.5. The molecular formula is C39H48N6O6. The summed E-state index contributed by atoms with van der Waals surface area (Å²) in [6.07, 6.45) is -1.18. The van der Waals surface area contributed by atoms with E-state index in [-0.39, 0.29) is 24.6 Å². The first-order valence-corrected chi connectivity index (χ1v) is 17.0. The van der Waals surface area contributed by atoms with Crippen molar-refractivity contribution in [3.63, 3.8) is 0 Å². The van der Waals surface area contributed by atoms with Gasteiger partial charge in [-0.15, -0.1) is 0 Å². The Bertz CT molecular complexity index is 1780. The molecule has 270 valence electrons. The molecule has 0 spiro atoms. The van der Waals surface area contributed by atoms with Crippen LogP contribution in [-0.2, 0) is 27.2 Å². The number of hydrogen-bond acceptors (Lipinski definition) is 8. The molecule has 12 heteroatoms. The van der Waals surface area contributed by atoms with Gasteiger partial charge in [0.15, 0.2) is 0 Å². The van der Waals surface area contributed by atoms with Crippen molar-refractivity contribution >= 4 is 34.7 Å². The lowest BCUT2D eigenvalue weighted by atomic mass is 9.73. The number of carbonyl (C=O) groups is 4. The van der Waals surface area contributed by atoms with Crippen LogP contribution in [0.25, 0.3) is 10.9 Å². The van der Waals surface area contributed by atoms with Gasteiger partial charge in [-0.2, -0.15) is 0 Å². The number of hydrogen-bond donors (Lipinski definition) is 6. The third-order valence-electron chi connectivity index (χ3n) is 8.62. The molecule has 3 aromatic carbocycles. The lowest BCUT2D eigenvalue weighted by molar-refractivity contribution is -0.131. The van der Waals surface area contributed by atoms with Gasteiger partial charge in [0.1, 0.15) is 17.3 Å². The average Bonchev–Trinajstić information content (AvgIpc) is 3.09. The van der Waals surface area contributed by atoms with E-state index in [1.54, 1.807) is 39.0 Å². The maximum absolute atomic E-state index is 14.3. The van der Waals surface area contributed by atoms with Gasteiger partial charge in [0.25, 0.3) is 5.91 Å². The number of nitrogens with one attached hydrogen (secondary N) is 4. The largest absolute Gasteiger partial charge is 0.443 e. The second-order valence-corrected chi connectivity index (χ2v) is 13.7. The molecule has 1 heterocycles. The summed E-state index contributed by atoms with van der Waals surface area (Å²) >= 11 is 0. The molecule has 12 nitrogen and oxygen atoms in total. The summed E-state index contributed by atoms with van der Waals surface area (Å²) in [6.45, 7) is 6.93. The number of nitrogens with two attached hydrogens (primary N) is 1.